The predicted octanol–water partition coefficient (Wildman–Crippen LogP) is 3.28. The fraction of sp³-hybridized carbons (Fsp3) is 0.211. The van der Waals surface area contributed by atoms with Crippen LogP contribution in [0.1, 0.15) is 12.5 Å². The fourth-order valence-corrected chi connectivity index (χ4v) is 4.50. The molecule has 0 aliphatic carbocycles. The largest absolute Gasteiger partial charge is 0.308 e. The smallest absolute Gasteiger partial charge is 0.237 e. The van der Waals surface area contributed by atoms with Crippen LogP contribution in [0.25, 0.3) is 16.8 Å². The summed E-state index contributed by atoms with van der Waals surface area (Å²) in [7, 11) is 0. The van der Waals surface area contributed by atoms with E-state index in [9.17, 15) is 4.79 Å². The average Bonchev–Trinajstić information content (AvgIpc) is 3.30. The van der Waals surface area contributed by atoms with Crippen molar-refractivity contribution in [3.63, 3.8) is 0 Å². The molecule has 3 heterocycles. The van der Waals surface area contributed by atoms with Crippen LogP contribution in [0.3, 0.4) is 0 Å². The van der Waals surface area contributed by atoms with Gasteiger partial charge in [-0.1, -0.05) is 42.1 Å². The molecule has 1 amide bonds. The average molecular weight is 363 g/mol. The molecule has 2 aromatic heterocycles. The Morgan fingerprint density at radius 2 is 2.04 bits per heavy atom. The molecule has 7 heteroatoms. The molecular weight excluding hydrogens is 346 g/mol. The van der Waals surface area contributed by atoms with Gasteiger partial charge in [-0.15, -0.1) is 5.10 Å². The number of nitrogens with one attached hydrogen (secondary N) is 1. The van der Waals surface area contributed by atoms with Crippen LogP contribution in [0.2, 0.25) is 0 Å². The highest BCUT2D eigenvalue weighted by molar-refractivity contribution is 7.99. The third-order valence-corrected chi connectivity index (χ3v) is 5.73. The number of nitrogens with zero attached hydrogens (tertiary/aromatic N) is 4. The van der Waals surface area contributed by atoms with E-state index in [1.807, 2.05) is 51.8 Å². The molecule has 0 radical (unpaired) electrons. The molecule has 1 N–H and O–H groups in total. The number of anilines is 1. The summed E-state index contributed by atoms with van der Waals surface area (Å²) in [6.07, 6.45) is 0.908. The second kappa shape index (κ2) is 5.88. The monoisotopic (exact) mass is 363 g/mol. The second-order valence-corrected chi connectivity index (χ2v) is 7.44. The number of aromatic amines is 1. The van der Waals surface area contributed by atoms with Crippen molar-refractivity contribution < 1.29 is 4.79 Å². The number of benzene rings is 2. The molecule has 26 heavy (non-hydrogen) atoms. The van der Waals surface area contributed by atoms with E-state index in [1.165, 1.54) is 17.3 Å². The first kappa shape index (κ1) is 15.5. The minimum Gasteiger partial charge on any atom is -0.308 e. The van der Waals surface area contributed by atoms with Crippen LogP contribution in [-0.2, 0) is 11.2 Å². The fourth-order valence-electron chi connectivity index (χ4n) is 3.68. The molecule has 1 aliphatic heterocycles. The third-order valence-electron chi connectivity index (χ3n) is 4.80. The Balaban J connectivity index is 1.41. The molecule has 1 aliphatic rings. The van der Waals surface area contributed by atoms with Crippen LogP contribution in [0.4, 0.5) is 5.69 Å². The lowest BCUT2D eigenvalue weighted by atomic mass is 10.1. The molecular formula is C19H17N5OS. The van der Waals surface area contributed by atoms with Crippen LogP contribution < -0.4 is 4.90 Å². The van der Waals surface area contributed by atoms with Gasteiger partial charge in [0.05, 0.1) is 16.8 Å². The SMILES string of the molecule is C[C@H]1Cc2ccccc2N1C(=O)CSc1n[nH]c2nc3ccccc3n12. The zero-order valence-electron chi connectivity index (χ0n) is 14.2. The van der Waals surface area contributed by atoms with E-state index < -0.39 is 0 Å². The maximum atomic E-state index is 12.9. The van der Waals surface area contributed by atoms with Gasteiger partial charge in [0.2, 0.25) is 11.7 Å². The van der Waals surface area contributed by atoms with Gasteiger partial charge in [-0.25, -0.2) is 10.1 Å². The highest BCUT2D eigenvalue weighted by Crippen LogP contribution is 2.33. The van der Waals surface area contributed by atoms with E-state index in [0.717, 1.165) is 28.3 Å². The van der Waals surface area contributed by atoms with Crippen molar-refractivity contribution >= 4 is 40.2 Å². The molecule has 5 rings (SSSR count). The van der Waals surface area contributed by atoms with Gasteiger partial charge in [0, 0.05) is 11.7 Å². The van der Waals surface area contributed by atoms with Gasteiger partial charge >= 0.3 is 0 Å². The lowest BCUT2D eigenvalue weighted by Crippen LogP contribution is -2.37. The van der Waals surface area contributed by atoms with Gasteiger partial charge in [0.25, 0.3) is 0 Å². The number of thioether (sulfide) groups is 1. The lowest BCUT2D eigenvalue weighted by molar-refractivity contribution is -0.116. The number of hydrogen-bond donors (Lipinski definition) is 1. The number of aromatic nitrogens is 4. The van der Waals surface area contributed by atoms with Crippen molar-refractivity contribution in [1.29, 1.82) is 0 Å². The van der Waals surface area contributed by atoms with Gasteiger partial charge in [-0.3, -0.25) is 9.20 Å². The highest BCUT2D eigenvalue weighted by atomic mass is 32.2. The molecule has 0 saturated carbocycles. The first-order valence-electron chi connectivity index (χ1n) is 8.56. The molecule has 6 nitrogen and oxygen atoms in total. The summed E-state index contributed by atoms with van der Waals surface area (Å²) in [6.45, 7) is 2.10. The Kier molecular flexibility index (Phi) is 3.49. The van der Waals surface area contributed by atoms with Crippen LogP contribution >= 0.6 is 11.8 Å². The number of carbonyl (C=O) groups excluding carboxylic acids is 1. The van der Waals surface area contributed by atoms with Crippen LogP contribution in [-0.4, -0.2) is 37.3 Å². The van der Waals surface area contributed by atoms with Gasteiger partial charge in [0.15, 0.2) is 5.16 Å². The summed E-state index contributed by atoms with van der Waals surface area (Å²) < 4.78 is 1.97. The van der Waals surface area contributed by atoms with Crippen molar-refractivity contribution in [3.05, 3.63) is 54.1 Å². The van der Waals surface area contributed by atoms with E-state index in [0.29, 0.717) is 11.5 Å². The molecule has 1 atom stereocenters. The lowest BCUT2D eigenvalue weighted by Gasteiger charge is -2.22. The summed E-state index contributed by atoms with van der Waals surface area (Å²) in [5, 5.41) is 8.04. The topological polar surface area (TPSA) is 66.3 Å². The minimum atomic E-state index is 0.105. The predicted molar refractivity (Wildman–Crippen MR) is 103 cm³/mol. The van der Waals surface area contributed by atoms with Crippen molar-refractivity contribution in [1.82, 2.24) is 19.6 Å². The summed E-state index contributed by atoms with van der Waals surface area (Å²) >= 11 is 1.44. The van der Waals surface area contributed by atoms with Crippen LogP contribution in [0.5, 0.6) is 0 Å². The molecule has 2 aromatic carbocycles. The third kappa shape index (κ3) is 2.31. The summed E-state index contributed by atoms with van der Waals surface area (Å²) in [6, 6.07) is 16.2. The molecule has 0 bridgehead atoms. The number of amides is 1. The number of para-hydroxylation sites is 3. The maximum Gasteiger partial charge on any atom is 0.237 e. The van der Waals surface area contributed by atoms with Crippen molar-refractivity contribution in [2.24, 2.45) is 0 Å². The van der Waals surface area contributed by atoms with E-state index >= 15 is 0 Å². The summed E-state index contributed by atoms with van der Waals surface area (Å²) in [5.74, 6) is 1.14. The van der Waals surface area contributed by atoms with Crippen LogP contribution in [0, 0.1) is 0 Å². The van der Waals surface area contributed by atoms with Gasteiger partial charge < -0.3 is 4.90 Å². The second-order valence-electron chi connectivity index (χ2n) is 6.50. The summed E-state index contributed by atoms with van der Waals surface area (Å²) in [4.78, 5) is 19.3. The summed E-state index contributed by atoms with van der Waals surface area (Å²) in [5.41, 5.74) is 4.18. The van der Waals surface area contributed by atoms with E-state index in [1.54, 1.807) is 0 Å². The highest BCUT2D eigenvalue weighted by Gasteiger charge is 2.30. The number of fused-ring (bicyclic) bond motifs is 4. The van der Waals surface area contributed by atoms with E-state index in [2.05, 4.69) is 28.2 Å². The Morgan fingerprint density at radius 3 is 2.96 bits per heavy atom. The zero-order valence-corrected chi connectivity index (χ0v) is 15.0. The Morgan fingerprint density at radius 1 is 1.23 bits per heavy atom. The standard InChI is InChI=1S/C19H17N5OS/c1-12-10-13-6-2-4-8-15(13)23(12)17(25)11-26-19-22-21-18-20-14-7-3-5-9-16(14)24(18)19/h2-9,12H,10-11H2,1H3,(H,20,21)/t12-/m0/s1. The first-order valence-corrected chi connectivity index (χ1v) is 9.55. The number of imidazole rings is 1. The maximum absolute atomic E-state index is 12.9. The Hall–Kier alpha value is -2.80. The molecule has 0 saturated heterocycles. The molecule has 4 aromatic rings. The Bertz CT molecular complexity index is 1130. The molecule has 130 valence electrons. The van der Waals surface area contributed by atoms with Gasteiger partial charge in [0.1, 0.15) is 0 Å². The molecule has 0 unspecified atom stereocenters. The minimum absolute atomic E-state index is 0.105. The quantitative estimate of drug-likeness (QED) is 0.567. The molecule has 0 fully saturated rings. The van der Waals surface area contributed by atoms with Crippen LogP contribution in [0.15, 0.2) is 53.7 Å². The number of rotatable bonds is 3. The number of H-pyrrole nitrogens is 1. The Labute approximate surface area is 154 Å². The van der Waals surface area contributed by atoms with E-state index in [4.69, 9.17) is 0 Å². The normalized spacial score (nSPS) is 16.5. The number of carbonyl (C=O) groups is 1. The van der Waals surface area contributed by atoms with Crippen molar-refractivity contribution in [2.75, 3.05) is 10.7 Å². The van der Waals surface area contributed by atoms with Crippen molar-refractivity contribution in [3.8, 4) is 0 Å². The van der Waals surface area contributed by atoms with Gasteiger partial charge in [-0.05, 0) is 37.1 Å². The van der Waals surface area contributed by atoms with E-state index in [-0.39, 0.29) is 11.9 Å². The van der Waals surface area contributed by atoms with Gasteiger partial charge in [-0.2, -0.15) is 0 Å². The van der Waals surface area contributed by atoms with Crippen molar-refractivity contribution in [2.45, 2.75) is 24.5 Å². The molecule has 0 spiro atoms. The zero-order chi connectivity index (χ0) is 17.7. The first-order chi connectivity index (χ1) is 12.7. The number of hydrogen-bond acceptors (Lipinski definition) is 4.